The third-order valence-corrected chi connectivity index (χ3v) is 5.76. The molecule has 0 aromatic heterocycles. The van der Waals surface area contributed by atoms with Gasteiger partial charge in [-0.25, -0.2) is 0 Å². The molecule has 150 valence electrons. The van der Waals surface area contributed by atoms with Gasteiger partial charge < -0.3 is 10.2 Å². The molecule has 26 heavy (non-hydrogen) atoms. The van der Waals surface area contributed by atoms with E-state index in [0.717, 1.165) is 0 Å². The zero-order valence-corrected chi connectivity index (χ0v) is 17.1. The lowest BCUT2D eigenvalue weighted by Gasteiger charge is -2.33. The van der Waals surface area contributed by atoms with E-state index >= 15 is 0 Å². The lowest BCUT2D eigenvalue weighted by Crippen LogP contribution is -2.53. The maximum Gasteiger partial charge on any atom is 0.185 e. The molecule has 1 rings (SSSR count). The van der Waals surface area contributed by atoms with Gasteiger partial charge in [0.2, 0.25) is 0 Å². The van der Waals surface area contributed by atoms with Gasteiger partial charge in [0.05, 0.1) is 12.0 Å². The highest BCUT2D eigenvalue weighted by atomic mass is 16.4. The average molecular weight is 369 g/mol. The van der Waals surface area contributed by atoms with Gasteiger partial charge in [0.25, 0.3) is 0 Å². The van der Waals surface area contributed by atoms with E-state index in [4.69, 9.17) is 0 Å². The smallest absolute Gasteiger partial charge is 0.185 e. The van der Waals surface area contributed by atoms with Crippen molar-refractivity contribution in [3.8, 4) is 0 Å². The van der Waals surface area contributed by atoms with E-state index < -0.39 is 46.8 Å². The molecule has 0 amide bonds. The summed E-state index contributed by atoms with van der Waals surface area (Å²) < 4.78 is 0. The van der Waals surface area contributed by atoms with Crippen molar-refractivity contribution in [2.45, 2.75) is 85.4 Å². The Morgan fingerprint density at radius 1 is 1.04 bits per heavy atom. The molecule has 0 aromatic rings. The molecular weight excluding hydrogens is 332 g/mol. The highest BCUT2D eigenvalue weighted by Gasteiger charge is 2.64. The number of Topliss-reactive ketones (excluding diaryl/α,β-unsaturated/α-hetero) is 3. The first-order valence-corrected chi connectivity index (χ1v) is 10.0. The first kappa shape index (κ1) is 23.0. The zero-order chi connectivity index (χ0) is 20.2. The standard InChI is InChI=1S/C21H36O5/c1-7-14(6)18(23)17-19(24)15(10-8-12(2)3)21(26,20(17)25)16(22)11-9-13(4)5/h12-17,22,26H,7-11H2,1-6H3/t14?,15-,16-,17?,21+/m1/s1. The molecule has 2 N–H and O–H groups in total. The van der Waals surface area contributed by atoms with Crippen LogP contribution in [0, 0.1) is 29.6 Å². The molecule has 1 fully saturated rings. The van der Waals surface area contributed by atoms with Crippen molar-refractivity contribution in [1.29, 1.82) is 0 Å². The lowest BCUT2D eigenvalue weighted by atomic mass is 9.78. The molecule has 0 saturated heterocycles. The number of ketones is 3. The van der Waals surface area contributed by atoms with Gasteiger partial charge in [-0.15, -0.1) is 0 Å². The maximum atomic E-state index is 13.0. The Balaban J connectivity index is 3.21. The summed E-state index contributed by atoms with van der Waals surface area (Å²) in [7, 11) is 0. The molecule has 0 radical (unpaired) electrons. The van der Waals surface area contributed by atoms with Crippen LogP contribution < -0.4 is 0 Å². The van der Waals surface area contributed by atoms with Gasteiger partial charge in [0.15, 0.2) is 23.0 Å². The summed E-state index contributed by atoms with van der Waals surface area (Å²) in [5.74, 6) is -3.99. The average Bonchev–Trinajstić information content (AvgIpc) is 2.76. The fourth-order valence-electron chi connectivity index (χ4n) is 3.68. The van der Waals surface area contributed by atoms with E-state index in [1.165, 1.54) is 0 Å². The second-order valence-electron chi connectivity index (χ2n) is 8.75. The molecule has 0 heterocycles. The van der Waals surface area contributed by atoms with Crippen LogP contribution in [0.3, 0.4) is 0 Å². The minimum atomic E-state index is -2.14. The summed E-state index contributed by atoms with van der Waals surface area (Å²) in [5.41, 5.74) is -2.14. The number of aliphatic hydroxyl groups is 2. The fourth-order valence-corrected chi connectivity index (χ4v) is 3.68. The van der Waals surface area contributed by atoms with Crippen LogP contribution in [0.15, 0.2) is 0 Å². The minimum Gasteiger partial charge on any atom is -0.390 e. The third kappa shape index (κ3) is 4.61. The first-order valence-electron chi connectivity index (χ1n) is 10.0. The van der Waals surface area contributed by atoms with Gasteiger partial charge in [0.1, 0.15) is 5.92 Å². The summed E-state index contributed by atoms with van der Waals surface area (Å²) in [5, 5.41) is 21.8. The van der Waals surface area contributed by atoms with Crippen LogP contribution in [0.1, 0.15) is 73.6 Å². The molecule has 0 bridgehead atoms. The topological polar surface area (TPSA) is 91.7 Å². The van der Waals surface area contributed by atoms with Gasteiger partial charge in [0, 0.05) is 5.92 Å². The van der Waals surface area contributed by atoms with E-state index in [9.17, 15) is 24.6 Å². The number of hydrogen-bond acceptors (Lipinski definition) is 5. The molecule has 5 nitrogen and oxygen atoms in total. The molecule has 0 aromatic carbocycles. The summed E-state index contributed by atoms with van der Waals surface area (Å²) in [6, 6.07) is 0. The van der Waals surface area contributed by atoms with Crippen molar-refractivity contribution in [2.75, 3.05) is 0 Å². The molecule has 5 heteroatoms. The molecule has 1 saturated carbocycles. The second kappa shape index (κ2) is 9.23. The van der Waals surface area contributed by atoms with Gasteiger partial charge in [-0.3, -0.25) is 14.4 Å². The number of carbonyl (C=O) groups is 3. The Morgan fingerprint density at radius 2 is 1.58 bits per heavy atom. The van der Waals surface area contributed by atoms with Crippen LogP contribution in [0.5, 0.6) is 0 Å². The largest absolute Gasteiger partial charge is 0.390 e. The highest BCUT2D eigenvalue weighted by Crippen LogP contribution is 2.42. The first-order chi connectivity index (χ1) is 12.0. The van der Waals surface area contributed by atoms with E-state index in [0.29, 0.717) is 37.5 Å². The van der Waals surface area contributed by atoms with E-state index in [1.807, 2.05) is 34.6 Å². The van der Waals surface area contributed by atoms with Crippen LogP contribution in [-0.2, 0) is 14.4 Å². The van der Waals surface area contributed by atoms with Crippen LogP contribution in [0.2, 0.25) is 0 Å². The Morgan fingerprint density at radius 3 is 2.04 bits per heavy atom. The maximum absolute atomic E-state index is 13.0. The van der Waals surface area contributed by atoms with Crippen LogP contribution in [0.4, 0.5) is 0 Å². The highest BCUT2D eigenvalue weighted by molar-refractivity contribution is 6.27. The van der Waals surface area contributed by atoms with Crippen molar-refractivity contribution in [2.24, 2.45) is 29.6 Å². The van der Waals surface area contributed by atoms with Crippen molar-refractivity contribution >= 4 is 17.3 Å². The van der Waals surface area contributed by atoms with Gasteiger partial charge in [-0.1, -0.05) is 48.0 Å². The van der Waals surface area contributed by atoms with Gasteiger partial charge >= 0.3 is 0 Å². The quantitative estimate of drug-likeness (QED) is 0.579. The zero-order valence-electron chi connectivity index (χ0n) is 17.1. The van der Waals surface area contributed by atoms with E-state index in [1.54, 1.807) is 6.92 Å². The molecule has 0 spiro atoms. The Hall–Kier alpha value is -1.07. The lowest BCUT2D eigenvalue weighted by molar-refractivity contribution is -0.158. The van der Waals surface area contributed by atoms with Crippen molar-refractivity contribution < 1.29 is 24.6 Å². The molecule has 5 atom stereocenters. The van der Waals surface area contributed by atoms with Crippen LogP contribution >= 0.6 is 0 Å². The van der Waals surface area contributed by atoms with Gasteiger partial charge in [-0.05, 0) is 37.5 Å². The Labute approximate surface area is 157 Å². The molecular formula is C21H36O5. The van der Waals surface area contributed by atoms with Crippen LogP contribution in [-0.4, -0.2) is 39.3 Å². The predicted octanol–water partition coefficient (Wildman–Crippen LogP) is 2.95. The number of rotatable bonds is 10. The molecule has 1 aliphatic carbocycles. The third-order valence-electron chi connectivity index (χ3n) is 5.76. The Bertz CT molecular complexity index is 524. The molecule has 0 aliphatic heterocycles. The summed E-state index contributed by atoms with van der Waals surface area (Å²) in [6.45, 7) is 11.5. The summed E-state index contributed by atoms with van der Waals surface area (Å²) in [4.78, 5) is 38.5. The van der Waals surface area contributed by atoms with Crippen LogP contribution in [0.25, 0.3) is 0 Å². The fraction of sp³-hybridized carbons (Fsp3) is 0.857. The summed E-state index contributed by atoms with van der Waals surface area (Å²) in [6.07, 6.45) is 1.02. The number of hydrogen-bond donors (Lipinski definition) is 2. The van der Waals surface area contributed by atoms with Crippen molar-refractivity contribution in [1.82, 2.24) is 0 Å². The monoisotopic (exact) mass is 368 g/mol. The summed E-state index contributed by atoms with van der Waals surface area (Å²) >= 11 is 0. The second-order valence-corrected chi connectivity index (χ2v) is 8.75. The van der Waals surface area contributed by atoms with E-state index in [-0.39, 0.29) is 6.42 Å². The van der Waals surface area contributed by atoms with E-state index in [2.05, 4.69) is 0 Å². The SMILES string of the molecule is CCC(C)C(=O)C1C(=O)[C@@H](CCC(C)C)[C@](O)([C@H](O)CCC(C)C)C1=O. The minimum absolute atomic E-state index is 0.232. The van der Waals surface area contributed by atoms with Crippen molar-refractivity contribution in [3.05, 3.63) is 0 Å². The molecule has 1 aliphatic rings. The number of aliphatic hydroxyl groups excluding tert-OH is 1. The van der Waals surface area contributed by atoms with Gasteiger partial charge in [-0.2, -0.15) is 0 Å². The normalized spacial score (nSPS) is 28.8. The van der Waals surface area contributed by atoms with Crippen molar-refractivity contribution in [3.63, 3.8) is 0 Å². The number of carbonyl (C=O) groups excluding carboxylic acids is 3. The predicted molar refractivity (Wildman–Crippen MR) is 101 cm³/mol. The molecule has 2 unspecified atom stereocenters. The Kier molecular flexibility index (Phi) is 8.15.